The highest BCUT2D eigenvalue weighted by atomic mass is 14.9. The van der Waals surface area contributed by atoms with Crippen LogP contribution < -0.4 is 4.57 Å². The normalized spacial score (nSPS) is 17.5. The van der Waals surface area contributed by atoms with Crippen molar-refractivity contribution >= 4 is 0 Å². The molecule has 0 aliphatic rings. The van der Waals surface area contributed by atoms with Gasteiger partial charge in [-0.15, -0.1) is 0 Å². The van der Waals surface area contributed by atoms with Gasteiger partial charge in [0.1, 0.15) is 7.05 Å². The first kappa shape index (κ1) is 11.4. The van der Waals surface area contributed by atoms with Crippen molar-refractivity contribution in [3.8, 4) is 22.4 Å². The highest BCUT2D eigenvalue weighted by molar-refractivity contribution is 5.74. The summed E-state index contributed by atoms with van der Waals surface area (Å²) in [6.45, 7) is 1.79. The molecule has 0 amide bonds. The molecule has 1 nitrogen and oxygen atoms in total. The van der Waals surface area contributed by atoms with E-state index in [0.717, 1.165) is 16.8 Å². The third-order valence-corrected chi connectivity index (χ3v) is 4.52. The molecule has 140 valence electrons. The summed E-state index contributed by atoms with van der Waals surface area (Å²) in [4.78, 5) is 0. The number of benzene rings is 2. The van der Waals surface area contributed by atoms with E-state index in [1.165, 1.54) is 12.1 Å². The lowest BCUT2D eigenvalue weighted by Gasteiger charge is -2.20. The van der Waals surface area contributed by atoms with Crippen molar-refractivity contribution in [2.45, 2.75) is 47.8 Å². The van der Waals surface area contributed by atoms with Gasteiger partial charge < -0.3 is 0 Å². The topological polar surface area (TPSA) is 3.88 Å². The van der Waals surface area contributed by atoms with Gasteiger partial charge in [0.15, 0.2) is 6.20 Å². The number of rotatable bonds is 3. The molecule has 27 heavy (non-hydrogen) atoms. The Morgan fingerprint density at radius 3 is 2.22 bits per heavy atom. The van der Waals surface area contributed by atoms with Gasteiger partial charge in [0.2, 0.25) is 5.69 Å². The summed E-state index contributed by atoms with van der Waals surface area (Å²) in [5.74, 6) is 0. The van der Waals surface area contributed by atoms with E-state index < -0.39 is 25.5 Å². The predicted octanol–water partition coefficient (Wildman–Crippen LogP) is 6.36. The van der Waals surface area contributed by atoms with Crippen molar-refractivity contribution in [2.75, 3.05) is 0 Å². The maximum Gasteiger partial charge on any atom is 0.213 e. The van der Waals surface area contributed by atoms with E-state index >= 15 is 0 Å². The molecule has 0 saturated heterocycles. The molecule has 0 aliphatic heterocycles. The smallest absolute Gasteiger partial charge is 0.201 e. The summed E-state index contributed by atoms with van der Waals surface area (Å²) >= 11 is 0. The molecular formula is C26H32N+. The number of aromatic nitrogens is 1. The summed E-state index contributed by atoms with van der Waals surface area (Å²) in [7, 11) is 1.88. The fraction of sp³-hybridized carbons (Fsp3) is 0.346. The molecule has 0 radical (unpaired) electrons. The summed E-state index contributed by atoms with van der Waals surface area (Å²) in [5.41, 5.74) is 2.18. The number of hydrogen-bond acceptors (Lipinski definition) is 0. The molecule has 0 atom stereocenters. The largest absolute Gasteiger partial charge is 0.213 e. The van der Waals surface area contributed by atoms with Crippen LogP contribution in [-0.4, -0.2) is 0 Å². The fourth-order valence-corrected chi connectivity index (χ4v) is 3.31. The first-order valence-corrected chi connectivity index (χ1v) is 9.11. The lowest BCUT2D eigenvalue weighted by atomic mass is 9.85. The Kier molecular flexibility index (Phi) is 3.10. The number of nitrogens with zero attached hydrogens (tertiary/aromatic N) is 1. The van der Waals surface area contributed by atoms with Crippen LogP contribution in [-0.2, 0) is 13.4 Å². The van der Waals surface area contributed by atoms with Gasteiger partial charge in [-0.1, -0.05) is 51.1 Å². The summed E-state index contributed by atoms with van der Waals surface area (Å²) in [5, 5.41) is 0. The van der Waals surface area contributed by atoms with Crippen LogP contribution in [0.15, 0.2) is 54.7 Å². The number of hydrogen-bond donors (Lipinski definition) is 0. The molecule has 3 rings (SSSR count). The molecule has 0 aliphatic carbocycles. The Bertz CT molecular complexity index is 1210. The molecule has 1 heteroatoms. The van der Waals surface area contributed by atoms with Gasteiger partial charge in [-0.2, -0.15) is 0 Å². The van der Waals surface area contributed by atoms with Crippen molar-refractivity contribution in [1.29, 1.82) is 0 Å². The van der Waals surface area contributed by atoms with Crippen molar-refractivity contribution < 1.29 is 15.5 Å². The van der Waals surface area contributed by atoms with Gasteiger partial charge in [-0.3, -0.25) is 0 Å². The van der Waals surface area contributed by atoms with Gasteiger partial charge >= 0.3 is 0 Å². The van der Waals surface area contributed by atoms with Gasteiger partial charge in [0.25, 0.3) is 0 Å². The van der Waals surface area contributed by atoms with Crippen molar-refractivity contribution in [1.82, 2.24) is 0 Å². The molecule has 0 spiro atoms. The molecule has 0 N–H and O–H groups in total. The molecule has 3 aromatic rings. The second-order valence-electron chi connectivity index (χ2n) is 8.05. The average molecular weight is 367 g/mol. The second-order valence-corrected chi connectivity index (χ2v) is 8.05. The van der Waals surface area contributed by atoms with Crippen LogP contribution in [0.25, 0.3) is 22.4 Å². The Morgan fingerprint density at radius 1 is 0.963 bits per heavy atom. The molecule has 0 bridgehead atoms. The highest BCUT2D eigenvalue weighted by Crippen LogP contribution is 2.32. The van der Waals surface area contributed by atoms with Crippen LogP contribution in [0.2, 0.25) is 0 Å². The lowest BCUT2D eigenvalue weighted by molar-refractivity contribution is -0.660. The van der Waals surface area contributed by atoms with Crippen molar-refractivity contribution in [2.24, 2.45) is 12.5 Å². The molecular weight excluding hydrogens is 326 g/mol. The number of aryl methyl sites for hydroxylation is 4. The van der Waals surface area contributed by atoms with Crippen molar-refractivity contribution in [3.63, 3.8) is 0 Å². The van der Waals surface area contributed by atoms with E-state index in [-0.39, 0.29) is 22.3 Å². The zero-order valence-electron chi connectivity index (χ0n) is 24.6. The SMILES string of the molecule is [2H]C([2H])([2H])c1cc(C([2H])([2H])C(C)(C)C)cc(C([2H])([2H])[2H])c1-c1cc[n+](C)c(-c2ccccc2C)c1. The molecule has 0 fully saturated rings. The molecule has 0 saturated carbocycles. The zero-order valence-corrected chi connectivity index (χ0v) is 16.6. The average Bonchev–Trinajstić information content (AvgIpc) is 2.71. The van der Waals surface area contributed by atoms with Gasteiger partial charge in [-0.25, -0.2) is 4.57 Å². The minimum absolute atomic E-state index is 0.0478. The molecule has 1 aromatic heterocycles. The van der Waals surface area contributed by atoms with Crippen molar-refractivity contribution in [3.05, 3.63) is 77.0 Å². The Hall–Kier alpha value is -2.41. The third kappa shape index (κ3) is 4.30. The molecule has 0 unspecified atom stereocenters. The van der Waals surface area contributed by atoms with E-state index in [4.69, 9.17) is 11.0 Å². The first-order chi connectivity index (χ1) is 15.9. The van der Waals surface area contributed by atoms with Crippen LogP contribution in [0.4, 0.5) is 0 Å². The van der Waals surface area contributed by atoms with Crippen LogP contribution in [0, 0.1) is 26.0 Å². The van der Waals surface area contributed by atoms with Crippen LogP contribution in [0.3, 0.4) is 0 Å². The van der Waals surface area contributed by atoms with E-state index in [9.17, 15) is 0 Å². The zero-order chi connectivity index (χ0) is 26.6. The number of pyridine rings is 1. The van der Waals surface area contributed by atoms with Crippen LogP contribution in [0.5, 0.6) is 0 Å². The minimum Gasteiger partial charge on any atom is -0.201 e. The Morgan fingerprint density at radius 2 is 1.63 bits per heavy atom. The van der Waals surface area contributed by atoms with Gasteiger partial charge in [0, 0.05) is 28.7 Å². The van der Waals surface area contributed by atoms with E-state index in [2.05, 4.69) is 0 Å². The summed E-state index contributed by atoms with van der Waals surface area (Å²) in [6, 6.07) is 14.0. The van der Waals surface area contributed by atoms with Crippen LogP contribution >= 0.6 is 0 Å². The Labute approximate surface area is 175 Å². The molecule has 2 aromatic carbocycles. The highest BCUT2D eigenvalue weighted by Gasteiger charge is 2.17. The fourth-order valence-electron chi connectivity index (χ4n) is 3.31. The quantitative estimate of drug-likeness (QED) is 0.475. The maximum absolute atomic E-state index is 8.69. The minimum atomic E-state index is -2.65. The maximum atomic E-state index is 8.69. The summed E-state index contributed by atoms with van der Waals surface area (Å²) in [6.07, 6.45) is -0.174. The van der Waals surface area contributed by atoms with E-state index in [0.29, 0.717) is 5.56 Å². The van der Waals surface area contributed by atoms with Gasteiger partial charge in [0.05, 0.1) is 0 Å². The summed E-state index contributed by atoms with van der Waals surface area (Å²) < 4.78 is 68.7. The monoisotopic (exact) mass is 366 g/mol. The van der Waals surface area contributed by atoms with Crippen LogP contribution in [0.1, 0.15) is 54.0 Å². The Balaban J connectivity index is 2.44. The first-order valence-electron chi connectivity index (χ1n) is 13.1. The second kappa shape index (κ2) is 7.31. The molecule has 1 heterocycles. The van der Waals surface area contributed by atoms with Gasteiger partial charge in [-0.05, 0) is 71.9 Å². The van der Waals surface area contributed by atoms with E-state index in [1.807, 2.05) is 42.8 Å². The predicted molar refractivity (Wildman–Crippen MR) is 116 cm³/mol. The lowest BCUT2D eigenvalue weighted by Crippen LogP contribution is -2.30. The van der Waals surface area contributed by atoms with E-state index in [1.54, 1.807) is 39.1 Å². The standard InChI is InChI=1S/C26H32N/c1-18-10-8-9-11-23(18)24-16-22(12-13-27(24)7)25-19(2)14-21(15-20(25)3)17-26(4,5)6/h8-16H,17H2,1-7H3/q+1/i2D3,3D3,17D2. The third-order valence-electron chi connectivity index (χ3n) is 4.52.